The quantitative estimate of drug-likeness (QED) is 0.719. The van der Waals surface area contributed by atoms with Crippen molar-refractivity contribution in [2.75, 3.05) is 0 Å². The van der Waals surface area contributed by atoms with Gasteiger partial charge >= 0.3 is 0 Å². The summed E-state index contributed by atoms with van der Waals surface area (Å²) in [5, 5.41) is 9.63. The summed E-state index contributed by atoms with van der Waals surface area (Å²) in [6.45, 7) is 21.1. The molecule has 0 aliphatic rings. The van der Waals surface area contributed by atoms with Crippen molar-refractivity contribution in [3.63, 3.8) is 0 Å². The monoisotopic (exact) mass is 326 g/mol. The molecule has 0 spiro atoms. The fourth-order valence-electron chi connectivity index (χ4n) is 2.97. The largest absolute Gasteiger partial charge is 0.242 e. The van der Waals surface area contributed by atoms with Crippen LogP contribution in [0.25, 0.3) is 0 Å². The van der Waals surface area contributed by atoms with Gasteiger partial charge < -0.3 is 0 Å². The van der Waals surface area contributed by atoms with Crippen molar-refractivity contribution in [3.8, 4) is 0 Å². The summed E-state index contributed by atoms with van der Waals surface area (Å²) < 4.78 is 4.07. The van der Waals surface area contributed by atoms with Gasteiger partial charge in [-0.25, -0.2) is 9.35 Å². The lowest BCUT2D eigenvalue weighted by atomic mass is 10.2. The van der Waals surface area contributed by atoms with Gasteiger partial charge in [-0.2, -0.15) is 10.2 Å². The maximum absolute atomic E-state index is 4.81. The Morgan fingerprint density at radius 3 is 0.917 bits per heavy atom. The molecule has 2 rings (SSSR count). The molecule has 130 valence electrons. The molecule has 2 heterocycles. The number of hydrogen-bond donors (Lipinski definition) is 0. The normalized spacial score (nSPS) is 13.1. The fraction of sp³-hybridized carbons (Fsp3) is 0.500. The Bertz CT molecular complexity index is 734. The van der Waals surface area contributed by atoms with Gasteiger partial charge in [0, 0.05) is 22.8 Å². The molecule has 4 heteroatoms. The van der Waals surface area contributed by atoms with Gasteiger partial charge in [-0.3, -0.25) is 0 Å². The minimum absolute atomic E-state index is 0.930. The molecule has 0 radical (unpaired) electrons. The van der Waals surface area contributed by atoms with Crippen molar-refractivity contribution in [2.24, 2.45) is 10.2 Å². The van der Waals surface area contributed by atoms with Crippen LogP contribution < -0.4 is 0 Å². The zero-order chi connectivity index (χ0) is 18.3. The van der Waals surface area contributed by atoms with E-state index in [1.54, 1.807) is 0 Å². The van der Waals surface area contributed by atoms with E-state index in [1.807, 2.05) is 23.2 Å². The van der Waals surface area contributed by atoms with E-state index in [0.717, 1.165) is 11.4 Å². The molecule has 0 N–H and O–H groups in total. The number of rotatable bonds is 3. The van der Waals surface area contributed by atoms with Crippen LogP contribution >= 0.6 is 0 Å². The van der Waals surface area contributed by atoms with Gasteiger partial charge in [0.05, 0.1) is 11.4 Å². The van der Waals surface area contributed by atoms with Gasteiger partial charge in [0.25, 0.3) is 0 Å². The van der Waals surface area contributed by atoms with Crippen LogP contribution in [0.3, 0.4) is 0 Å². The molecule has 0 bridgehead atoms. The Morgan fingerprint density at radius 2 is 0.708 bits per heavy atom. The number of aromatic nitrogens is 2. The highest BCUT2D eigenvalue weighted by molar-refractivity contribution is 6.40. The Balaban J connectivity index is 2.49. The molecule has 0 aliphatic heterocycles. The summed E-state index contributed by atoms with van der Waals surface area (Å²) in [5.74, 6) is 0. The maximum atomic E-state index is 4.81. The third-order valence-electron chi connectivity index (χ3n) is 5.59. The first-order chi connectivity index (χ1) is 11.1. The maximum Gasteiger partial charge on any atom is 0.0812 e. The summed E-state index contributed by atoms with van der Waals surface area (Å²) in [6.07, 6.45) is 0. The predicted octanol–water partition coefficient (Wildman–Crippen LogP) is 4.91. The first-order valence-corrected chi connectivity index (χ1v) is 8.49. The van der Waals surface area contributed by atoms with Gasteiger partial charge in [-0.05, 0) is 91.5 Å². The highest BCUT2D eigenvalue weighted by Gasteiger charge is 2.13. The van der Waals surface area contributed by atoms with Crippen LogP contribution in [0.2, 0.25) is 0 Å². The molecule has 0 atom stereocenters. The van der Waals surface area contributed by atoms with Crippen molar-refractivity contribution in [1.82, 2.24) is 9.35 Å². The standard InChI is InChI=1S/C20H30N4/c1-11-12(2)18(8)23(17(11)7)21-15(5)16(6)22-24-19(9)13(3)14(4)20(24)10/h1-10H3/b21-15+,22-16+. The average molecular weight is 326 g/mol. The van der Waals surface area contributed by atoms with Crippen molar-refractivity contribution in [3.05, 3.63) is 45.0 Å². The van der Waals surface area contributed by atoms with Crippen LogP contribution in [0.4, 0.5) is 0 Å². The van der Waals surface area contributed by atoms with Crippen molar-refractivity contribution in [2.45, 2.75) is 69.2 Å². The molecule has 0 aromatic carbocycles. The van der Waals surface area contributed by atoms with Gasteiger partial charge in [0.2, 0.25) is 0 Å². The van der Waals surface area contributed by atoms with Crippen molar-refractivity contribution < 1.29 is 0 Å². The number of nitrogens with zero attached hydrogens (tertiary/aromatic N) is 4. The van der Waals surface area contributed by atoms with Crippen molar-refractivity contribution >= 4 is 11.4 Å². The van der Waals surface area contributed by atoms with Gasteiger partial charge in [0.15, 0.2) is 0 Å². The van der Waals surface area contributed by atoms with Crippen LogP contribution in [-0.2, 0) is 0 Å². The Morgan fingerprint density at radius 1 is 0.500 bits per heavy atom. The molecule has 0 amide bonds. The molecular formula is C20H30N4. The molecular weight excluding hydrogens is 296 g/mol. The second-order valence-electron chi connectivity index (χ2n) is 6.84. The predicted molar refractivity (Wildman–Crippen MR) is 104 cm³/mol. The third-order valence-corrected chi connectivity index (χ3v) is 5.59. The van der Waals surface area contributed by atoms with Gasteiger partial charge in [-0.1, -0.05) is 0 Å². The van der Waals surface area contributed by atoms with E-state index in [1.165, 1.54) is 45.0 Å². The molecule has 4 nitrogen and oxygen atoms in total. The molecule has 0 saturated carbocycles. The Kier molecular flexibility index (Phi) is 4.88. The van der Waals surface area contributed by atoms with Crippen LogP contribution in [-0.4, -0.2) is 20.8 Å². The average Bonchev–Trinajstić information content (AvgIpc) is 2.84. The zero-order valence-electron chi connectivity index (χ0n) is 16.8. The first kappa shape index (κ1) is 18.2. The highest BCUT2D eigenvalue weighted by Crippen LogP contribution is 2.21. The minimum atomic E-state index is 0.930. The Hall–Kier alpha value is -2.10. The summed E-state index contributed by atoms with van der Waals surface area (Å²) in [6, 6.07) is 0. The SMILES string of the molecule is CC(=N\n1c(C)c(C)c(C)c1C)/C(C)=N/n1c(C)c(C)c(C)c1C. The zero-order valence-corrected chi connectivity index (χ0v) is 16.8. The molecule has 0 fully saturated rings. The second kappa shape index (κ2) is 6.42. The summed E-state index contributed by atoms with van der Waals surface area (Å²) >= 11 is 0. The van der Waals surface area contributed by atoms with E-state index in [-0.39, 0.29) is 0 Å². The summed E-state index contributed by atoms with van der Waals surface area (Å²) in [5.41, 5.74) is 11.9. The summed E-state index contributed by atoms with van der Waals surface area (Å²) in [7, 11) is 0. The van der Waals surface area contributed by atoms with E-state index in [0.29, 0.717) is 0 Å². The smallest absolute Gasteiger partial charge is 0.0812 e. The lowest BCUT2D eigenvalue weighted by molar-refractivity contribution is 0.800. The molecule has 0 aliphatic carbocycles. The van der Waals surface area contributed by atoms with E-state index >= 15 is 0 Å². The Labute approximate surface area is 145 Å². The highest BCUT2D eigenvalue weighted by atomic mass is 15.4. The first-order valence-electron chi connectivity index (χ1n) is 8.49. The van der Waals surface area contributed by atoms with E-state index in [4.69, 9.17) is 10.2 Å². The van der Waals surface area contributed by atoms with E-state index in [9.17, 15) is 0 Å². The van der Waals surface area contributed by atoms with Gasteiger partial charge in [0.1, 0.15) is 0 Å². The second-order valence-corrected chi connectivity index (χ2v) is 6.84. The molecule has 0 unspecified atom stereocenters. The third kappa shape index (κ3) is 2.85. The molecule has 2 aromatic heterocycles. The van der Waals surface area contributed by atoms with Crippen LogP contribution in [0, 0.1) is 55.4 Å². The number of hydrogen-bond acceptors (Lipinski definition) is 2. The van der Waals surface area contributed by atoms with Crippen LogP contribution in [0.5, 0.6) is 0 Å². The van der Waals surface area contributed by atoms with E-state index in [2.05, 4.69) is 55.4 Å². The molecule has 0 saturated heterocycles. The topological polar surface area (TPSA) is 34.6 Å². The molecule has 2 aromatic rings. The lowest BCUT2D eigenvalue weighted by Gasteiger charge is -2.08. The van der Waals surface area contributed by atoms with E-state index < -0.39 is 0 Å². The van der Waals surface area contributed by atoms with Crippen molar-refractivity contribution in [1.29, 1.82) is 0 Å². The van der Waals surface area contributed by atoms with Crippen LogP contribution in [0.1, 0.15) is 58.9 Å². The fourth-order valence-corrected chi connectivity index (χ4v) is 2.97. The van der Waals surface area contributed by atoms with Crippen LogP contribution in [0.15, 0.2) is 10.2 Å². The minimum Gasteiger partial charge on any atom is -0.242 e. The molecule has 24 heavy (non-hydrogen) atoms. The van der Waals surface area contributed by atoms with Gasteiger partial charge in [-0.15, -0.1) is 0 Å². The summed E-state index contributed by atoms with van der Waals surface area (Å²) in [4.78, 5) is 0. The lowest BCUT2D eigenvalue weighted by Crippen LogP contribution is -2.12.